The van der Waals surface area contributed by atoms with Crippen molar-refractivity contribution < 1.29 is 5.11 Å². The molecule has 0 bridgehead atoms. The SMILES string of the molecule is Nc1nc(CCC#CO)nn2cccc12. The maximum atomic E-state index is 8.31. The normalized spacial score (nSPS) is 9.87. The number of nitrogens with zero attached hydrogens (tertiary/aromatic N) is 3. The van der Waals surface area contributed by atoms with Crippen LogP contribution >= 0.6 is 0 Å². The van der Waals surface area contributed by atoms with Gasteiger partial charge in [0, 0.05) is 19.0 Å². The van der Waals surface area contributed by atoms with Crippen molar-refractivity contribution in [3.63, 3.8) is 0 Å². The molecule has 0 aliphatic rings. The molecule has 15 heavy (non-hydrogen) atoms. The van der Waals surface area contributed by atoms with E-state index in [1.165, 1.54) is 0 Å². The van der Waals surface area contributed by atoms with Crippen LogP contribution in [0.5, 0.6) is 0 Å². The summed E-state index contributed by atoms with van der Waals surface area (Å²) in [5.41, 5.74) is 6.55. The van der Waals surface area contributed by atoms with Gasteiger partial charge in [-0.2, -0.15) is 5.10 Å². The van der Waals surface area contributed by atoms with Gasteiger partial charge in [0.15, 0.2) is 11.6 Å². The summed E-state index contributed by atoms with van der Waals surface area (Å²) in [6.07, 6.45) is 4.75. The molecule has 0 unspecified atom stereocenters. The lowest BCUT2D eigenvalue weighted by atomic mass is 10.3. The Bertz CT molecular complexity index is 535. The molecule has 2 aromatic heterocycles. The summed E-state index contributed by atoms with van der Waals surface area (Å²) >= 11 is 0. The summed E-state index contributed by atoms with van der Waals surface area (Å²) < 4.78 is 1.68. The summed E-state index contributed by atoms with van der Waals surface area (Å²) in [4.78, 5) is 4.14. The van der Waals surface area contributed by atoms with Gasteiger partial charge in [-0.05, 0) is 12.1 Å². The third-order valence-electron chi connectivity index (χ3n) is 2.02. The highest BCUT2D eigenvalue weighted by Crippen LogP contribution is 2.10. The molecule has 0 atom stereocenters. The number of rotatable bonds is 2. The first-order valence-electron chi connectivity index (χ1n) is 4.53. The van der Waals surface area contributed by atoms with Gasteiger partial charge in [0.25, 0.3) is 0 Å². The average molecular weight is 202 g/mol. The van der Waals surface area contributed by atoms with Gasteiger partial charge in [-0.15, -0.1) is 0 Å². The van der Waals surface area contributed by atoms with Crippen LogP contribution in [-0.4, -0.2) is 19.7 Å². The van der Waals surface area contributed by atoms with E-state index in [2.05, 4.69) is 16.0 Å². The summed E-state index contributed by atoms with van der Waals surface area (Å²) in [5.74, 6) is 3.62. The Hall–Kier alpha value is -2.22. The number of aryl methyl sites for hydroxylation is 1. The molecule has 5 nitrogen and oxygen atoms in total. The maximum absolute atomic E-state index is 8.31. The fourth-order valence-corrected chi connectivity index (χ4v) is 1.34. The van der Waals surface area contributed by atoms with E-state index in [0.717, 1.165) is 5.52 Å². The minimum Gasteiger partial charge on any atom is -0.462 e. The number of aliphatic hydroxyl groups excluding tert-OH is 1. The second kappa shape index (κ2) is 3.88. The van der Waals surface area contributed by atoms with E-state index in [1.807, 2.05) is 24.4 Å². The third-order valence-corrected chi connectivity index (χ3v) is 2.02. The molecule has 3 N–H and O–H groups in total. The molecule has 2 rings (SSSR count). The molecular formula is C10H10N4O. The van der Waals surface area contributed by atoms with Gasteiger partial charge in [0.2, 0.25) is 0 Å². The number of nitrogens with two attached hydrogens (primary N) is 1. The lowest BCUT2D eigenvalue weighted by Gasteiger charge is -2.01. The van der Waals surface area contributed by atoms with Crippen molar-refractivity contribution in [2.75, 3.05) is 5.73 Å². The molecule has 0 aromatic carbocycles. The summed E-state index contributed by atoms with van der Waals surface area (Å²) in [7, 11) is 0. The highest BCUT2D eigenvalue weighted by atomic mass is 16.2. The van der Waals surface area contributed by atoms with Gasteiger partial charge >= 0.3 is 0 Å². The number of fused-ring (bicyclic) bond motifs is 1. The fraction of sp³-hybridized carbons (Fsp3) is 0.200. The molecule has 2 aromatic rings. The van der Waals surface area contributed by atoms with Gasteiger partial charge < -0.3 is 10.8 Å². The van der Waals surface area contributed by atoms with Crippen molar-refractivity contribution >= 4 is 11.3 Å². The number of hydrogen-bond acceptors (Lipinski definition) is 4. The Kier molecular flexibility index (Phi) is 2.42. The largest absolute Gasteiger partial charge is 0.462 e. The Morgan fingerprint density at radius 1 is 1.53 bits per heavy atom. The number of hydrogen-bond donors (Lipinski definition) is 2. The molecule has 0 fully saturated rings. The van der Waals surface area contributed by atoms with Crippen LogP contribution in [0.25, 0.3) is 5.52 Å². The van der Waals surface area contributed by atoms with Gasteiger partial charge in [-0.1, -0.05) is 5.92 Å². The average Bonchev–Trinajstić information content (AvgIpc) is 2.66. The topological polar surface area (TPSA) is 76.4 Å². The van der Waals surface area contributed by atoms with E-state index in [0.29, 0.717) is 24.5 Å². The highest BCUT2D eigenvalue weighted by molar-refractivity contribution is 5.64. The van der Waals surface area contributed by atoms with Crippen LogP contribution in [0, 0.1) is 12.0 Å². The van der Waals surface area contributed by atoms with Crippen LogP contribution in [-0.2, 0) is 6.42 Å². The maximum Gasteiger partial charge on any atom is 0.152 e. The smallest absolute Gasteiger partial charge is 0.152 e. The first-order chi connectivity index (χ1) is 7.31. The molecule has 5 heteroatoms. The molecule has 0 saturated carbocycles. The molecule has 0 spiro atoms. The number of nitrogen functional groups attached to an aromatic ring is 1. The van der Waals surface area contributed by atoms with Gasteiger partial charge in [0.1, 0.15) is 11.6 Å². The van der Waals surface area contributed by atoms with Gasteiger partial charge in [0.05, 0.1) is 0 Å². The van der Waals surface area contributed by atoms with Crippen molar-refractivity contribution in [2.45, 2.75) is 12.8 Å². The molecule has 0 aliphatic carbocycles. The summed E-state index contributed by atoms with van der Waals surface area (Å²) in [6.45, 7) is 0. The zero-order chi connectivity index (χ0) is 10.7. The predicted molar refractivity (Wildman–Crippen MR) is 55.4 cm³/mol. The molecule has 0 radical (unpaired) electrons. The van der Waals surface area contributed by atoms with Crippen molar-refractivity contribution in [3.8, 4) is 12.0 Å². The zero-order valence-corrected chi connectivity index (χ0v) is 8.01. The van der Waals surface area contributed by atoms with Crippen molar-refractivity contribution in [2.24, 2.45) is 0 Å². The summed E-state index contributed by atoms with van der Waals surface area (Å²) in [6, 6.07) is 3.71. The highest BCUT2D eigenvalue weighted by Gasteiger charge is 2.03. The van der Waals surface area contributed by atoms with Crippen molar-refractivity contribution in [1.82, 2.24) is 14.6 Å². The van der Waals surface area contributed by atoms with E-state index in [9.17, 15) is 0 Å². The molecular weight excluding hydrogens is 192 g/mol. The Balaban J connectivity index is 2.31. The number of anilines is 1. The number of aromatic nitrogens is 3. The van der Waals surface area contributed by atoms with Crippen LogP contribution in [0.2, 0.25) is 0 Å². The number of aliphatic hydroxyl groups is 1. The summed E-state index contributed by atoms with van der Waals surface area (Å²) in [5, 5.41) is 12.5. The minimum atomic E-state index is 0.460. The Labute approximate surface area is 86.6 Å². The van der Waals surface area contributed by atoms with E-state index in [4.69, 9.17) is 10.8 Å². The van der Waals surface area contributed by atoms with Gasteiger partial charge in [-0.3, -0.25) is 0 Å². The molecule has 0 saturated heterocycles. The second-order valence-corrected chi connectivity index (χ2v) is 3.04. The van der Waals surface area contributed by atoms with E-state index in [1.54, 1.807) is 4.52 Å². The third kappa shape index (κ3) is 1.83. The van der Waals surface area contributed by atoms with E-state index in [-0.39, 0.29) is 0 Å². The quantitative estimate of drug-likeness (QED) is 0.698. The minimum absolute atomic E-state index is 0.460. The molecule has 0 amide bonds. The lowest BCUT2D eigenvalue weighted by Crippen LogP contribution is -2.05. The van der Waals surface area contributed by atoms with E-state index < -0.39 is 0 Å². The van der Waals surface area contributed by atoms with Crippen molar-refractivity contribution in [1.29, 1.82) is 0 Å². The fourth-order valence-electron chi connectivity index (χ4n) is 1.34. The van der Waals surface area contributed by atoms with Gasteiger partial charge in [-0.25, -0.2) is 9.50 Å². The monoisotopic (exact) mass is 202 g/mol. The first-order valence-corrected chi connectivity index (χ1v) is 4.53. The lowest BCUT2D eigenvalue weighted by molar-refractivity contribution is 0.516. The van der Waals surface area contributed by atoms with Crippen LogP contribution < -0.4 is 5.73 Å². The molecule has 2 heterocycles. The standard InChI is InChI=1S/C10H10N4O/c11-10-8-4-3-6-14(8)13-9(12-10)5-1-2-7-15/h3-4,6,15H,1,5H2,(H2,11,12,13). The second-order valence-electron chi connectivity index (χ2n) is 3.04. The predicted octanol–water partition coefficient (Wildman–Crippen LogP) is 0.577. The molecule has 0 aliphatic heterocycles. The van der Waals surface area contributed by atoms with E-state index >= 15 is 0 Å². The van der Waals surface area contributed by atoms with Crippen LogP contribution in [0.15, 0.2) is 18.3 Å². The zero-order valence-electron chi connectivity index (χ0n) is 8.01. The Morgan fingerprint density at radius 2 is 2.40 bits per heavy atom. The van der Waals surface area contributed by atoms with Crippen molar-refractivity contribution in [3.05, 3.63) is 24.2 Å². The van der Waals surface area contributed by atoms with Crippen LogP contribution in [0.3, 0.4) is 0 Å². The first kappa shape index (κ1) is 9.34. The van der Waals surface area contributed by atoms with Crippen LogP contribution in [0.4, 0.5) is 5.82 Å². The Morgan fingerprint density at radius 3 is 3.20 bits per heavy atom. The van der Waals surface area contributed by atoms with Crippen LogP contribution in [0.1, 0.15) is 12.2 Å². The molecule has 76 valence electrons.